The number of carbonyl (C=O) groups is 1. The van der Waals surface area contributed by atoms with E-state index < -0.39 is 74.2 Å². The van der Waals surface area contributed by atoms with Crippen LogP contribution >= 0.6 is 0 Å². The zero-order chi connectivity index (χ0) is 52.5. The highest BCUT2D eigenvalue weighted by Gasteiger charge is 2.44. The highest BCUT2D eigenvalue weighted by Crippen LogP contribution is 2.23. The largest absolute Gasteiger partial charge is 0.394 e. The van der Waals surface area contributed by atoms with Gasteiger partial charge in [-0.3, -0.25) is 4.79 Å². The Morgan fingerprint density at radius 3 is 1.25 bits per heavy atom. The molecule has 72 heavy (non-hydrogen) atoms. The minimum atomic E-state index is -1.67. The summed E-state index contributed by atoms with van der Waals surface area (Å²) in [6.07, 6.45) is 51.9. The van der Waals surface area contributed by atoms with E-state index in [9.17, 15) is 40.5 Å². The Morgan fingerprint density at radius 1 is 0.472 bits per heavy atom. The van der Waals surface area contributed by atoms with Crippen molar-refractivity contribution in [3.05, 3.63) is 48.6 Å². The van der Waals surface area contributed by atoms with Gasteiger partial charge in [-0.2, -0.15) is 0 Å². The second kappa shape index (κ2) is 49.9. The van der Waals surface area contributed by atoms with Gasteiger partial charge in [0.1, 0.15) is 36.6 Å². The lowest BCUT2D eigenvalue weighted by atomic mass is 9.98. The quantitative estimate of drug-likeness (QED) is 0.0215. The van der Waals surface area contributed by atoms with Gasteiger partial charge in [-0.05, 0) is 89.9 Å². The van der Waals surface area contributed by atoms with Gasteiger partial charge in [0.25, 0.3) is 0 Å². The Balaban J connectivity index is 2.28. The molecule has 1 amide bonds. The monoisotopic (exact) mass is 1020 g/mol. The molecule has 1 rings (SSSR count). The first-order chi connectivity index (χ1) is 35.2. The van der Waals surface area contributed by atoms with Crippen molar-refractivity contribution in [3.8, 4) is 0 Å². The van der Waals surface area contributed by atoms with Crippen LogP contribution in [0.25, 0.3) is 0 Å². The van der Waals surface area contributed by atoms with Gasteiger partial charge in [0, 0.05) is 0 Å². The molecule has 11 nitrogen and oxygen atoms in total. The molecule has 0 aromatic heterocycles. The van der Waals surface area contributed by atoms with Crippen molar-refractivity contribution in [2.24, 2.45) is 0 Å². The lowest BCUT2D eigenvalue weighted by Gasteiger charge is -2.40. The minimum absolute atomic E-state index is 0.239. The number of aliphatic hydroxyl groups is 7. The zero-order valence-corrected chi connectivity index (χ0v) is 46.2. The van der Waals surface area contributed by atoms with Gasteiger partial charge in [-0.25, -0.2) is 0 Å². The summed E-state index contributed by atoms with van der Waals surface area (Å²) in [7, 11) is 0. The number of unbranched alkanes of at least 4 members (excludes halogenated alkanes) is 31. The number of amides is 1. The highest BCUT2D eigenvalue weighted by molar-refractivity contribution is 5.80. The molecule has 422 valence electrons. The van der Waals surface area contributed by atoms with Crippen LogP contribution in [0.4, 0.5) is 0 Å². The van der Waals surface area contributed by atoms with Crippen LogP contribution in [0.1, 0.15) is 264 Å². The number of allylic oxidation sites excluding steroid dienone is 8. The Morgan fingerprint density at radius 2 is 0.833 bits per heavy atom. The molecule has 0 saturated carbocycles. The molecule has 1 aliphatic heterocycles. The maximum atomic E-state index is 13.1. The molecular formula is C61H113NO10. The number of rotatable bonds is 51. The van der Waals surface area contributed by atoms with Crippen LogP contribution in [0.5, 0.6) is 0 Å². The number of nitrogens with one attached hydrogen (secondary N) is 1. The molecule has 11 heteroatoms. The average molecular weight is 1020 g/mol. The second-order valence-corrected chi connectivity index (χ2v) is 21.0. The molecule has 1 heterocycles. The van der Waals surface area contributed by atoms with E-state index >= 15 is 0 Å². The first-order valence-electron chi connectivity index (χ1n) is 30.0. The summed E-state index contributed by atoms with van der Waals surface area (Å²) in [5.74, 6) is -0.718. The smallest absolute Gasteiger partial charge is 0.249 e. The van der Waals surface area contributed by atoms with Crippen molar-refractivity contribution in [2.45, 2.75) is 319 Å². The van der Waals surface area contributed by atoms with Crippen molar-refractivity contribution in [1.29, 1.82) is 0 Å². The third-order valence-electron chi connectivity index (χ3n) is 14.3. The molecule has 0 spiro atoms. The third kappa shape index (κ3) is 37.7. The fourth-order valence-corrected chi connectivity index (χ4v) is 9.41. The molecule has 1 fully saturated rings. The highest BCUT2D eigenvalue weighted by atomic mass is 16.7. The topological polar surface area (TPSA) is 189 Å². The first-order valence-corrected chi connectivity index (χ1v) is 30.0. The number of hydrogen-bond acceptors (Lipinski definition) is 10. The Labute approximate surface area is 440 Å². The van der Waals surface area contributed by atoms with E-state index in [1.165, 1.54) is 148 Å². The fourth-order valence-electron chi connectivity index (χ4n) is 9.41. The zero-order valence-electron chi connectivity index (χ0n) is 46.2. The van der Waals surface area contributed by atoms with Crippen molar-refractivity contribution < 1.29 is 50.0 Å². The number of hydrogen-bond donors (Lipinski definition) is 8. The maximum absolute atomic E-state index is 13.1. The lowest BCUT2D eigenvalue weighted by Crippen LogP contribution is -2.60. The summed E-state index contributed by atoms with van der Waals surface area (Å²) in [5.41, 5.74) is 0. The minimum Gasteiger partial charge on any atom is -0.394 e. The predicted octanol–water partition coefficient (Wildman–Crippen LogP) is 12.8. The molecule has 0 radical (unpaired) electrons. The van der Waals surface area contributed by atoms with Crippen LogP contribution in [-0.4, -0.2) is 110 Å². The van der Waals surface area contributed by atoms with Gasteiger partial charge in [0.05, 0.1) is 25.4 Å². The summed E-state index contributed by atoms with van der Waals surface area (Å²) < 4.78 is 11.1. The van der Waals surface area contributed by atoms with E-state index in [1.807, 2.05) is 0 Å². The van der Waals surface area contributed by atoms with Crippen molar-refractivity contribution in [3.63, 3.8) is 0 Å². The fraction of sp³-hybridized carbons (Fsp3) is 0.852. The molecule has 0 aromatic rings. The normalized spacial score (nSPS) is 20.4. The molecule has 8 N–H and O–H groups in total. The predicted molar refractivity (Wildman–Crippen MR) is 298 cm³/mol. The lowest BCUT2D eigenvalue weighted by molar-refractivity contribution is -0.303. The van der Waals surface area contributed by atoms with Gasteiger partial charge < -0.3 is 50.5 Å². The van der Waals surface area contributed by atoms with Crippen molar-refractivity contribution in [1.82, 2.24) is 5.32 Å². The summed E-state index contributed by atoms with van der Waals surface area (Å²) in [5, 5.41) is 76.0. The van der Waals surface area contributed by atoms with E-state index in [4.69, 9.17) is 9.47 Å². The number of aliphatic hydroxyl groups excluding tert-OH is 7. The molecule has 0 bridgehead atoms. The van der Waals surface area contributed by atoms with Crippen LogP contribution in [0.15, 0.2) is 48.6 Å². The number of ether oxygens (including phenoxy) is 2. The van der Waals surface area contributed by atoms with Gasteiger partial charge in [0.15, 0.2) is 6.29 Å². The van der Waals surface area contributed by atoms with Crippen LogP contribution < -0.4 is 5.32 Å². The first kappa shape index (κ1) is 68.1. The van der Waals surface area contributed by atoms with E-state index in [1.54, 1.807) is 0 Å². The van der Waals surface area contributed by atoms with E-state index in [0.717, 1.165) is 70.6 Å². The third-order valence-corrected chi connectivity index (χ3v) is 14.3. The Hall–Kier alpha value is -1.93. The standard InChI is InChI=1S/C61H113NO10/c1-3-5-7-9-11-13-15-17-19-20-21-22-23-24-25-26-27-28-29-30-31-32-33-34-35-37-38-40-42-44-46-48-53(64)56(66)52(51-71-61-59(69)58(68)57(67)55(50-63)72-61)62-60(70)54(65)49-47-45-43-41-39-36-18-16-14-12-10-8-6-4-2/h14,16,30-31,34-35,40,42,52-59,61,63-69H,3-13,15,17-29,32-33,36-39,41,43-51H2,1-2H3,(H,62,70)/b16-14-,31-30+,35-34+,42-40+. The van der Waals surface area contributed by atoms with Gasteiger partial charge in [-0.15, -0.1) is 0 Å². The van der Waals surface area contributed by atoms with Crippen molar-refractivity contribution in [2.75, 3.05) is 13.2 Å². The Kier molecular flexibility index (Phi) is 47.2. The van der Waals surface area contributed by atoms with E-state index in [0.29, 0.717) is 19.3 Å². The van der Waals surface area contributed by atoms with Gasteiger partial charge in [-0.1, -0.05) is 223 Å². The molecule has 1 aliphatic rings. The molecule has 0 aliphatic carbocycles. The van der Waals surface area contributed by atoms with Crippen LogP contribution in [-0.2, 0) is 14.3 Å². The van der Waals surface area contributed by atoms with Crippen LogP contribution in [0.3, 0.4) is 0 Å². The Bertz CT molecular complexity index is 1310. The van der Waals surface area contributed by atoms with Crippen LogP contribution in [0, 0.1) is 0 Å². The summed E-state index contributed by atoms with van der Waals surface area (Å²) in [6, 6.07) is -1.20. The average Bonchev–Trinajstić information content (AvgIpc) is 3.38. The van der Waals surface area contributed by atoms with Crippen LogP contribution in [0.2, 0.25) is 0 Å². The second-order valence-electron chi connectivity index (χ2n) is 21.0. The molecule has 9 unspecified atom stereocenters. The number of carbonyl (C=O) groups excluding carboxylic acids is 1. The van der Waals surface area contributed by atoms with Gasteiger partial charge >= 0.3 is 0 Å². The van der Waals surface area contributed by atoms with E-state index in [2.05, 4.69) is 67.8 Å². The summed E-state index contributed by atoms with van der Waals surface area (Å²) in [4.78, 5) is 13.1. The molecular weight excluding hydrogens is 907 g/mol. The summed E-state index contributed by atoms with van der Waals surface area (Å²) in [6.45, 7) is 3.43. The summed E-state index contributed by atoms with van der Waals surface area (Å²) >= 11 is 0. The molecule has 9 atom stereocenters. The molecule has 0 aromatic carbocycles. The SMILES string of the molecule is CCCCCC/C=C\CCCCCCCCC(O)C(=O)NC(COC1OC(CO)C(O)C(O)C1O)C(O)C(O)CCC/C=C/CC/C=C/CC/C=C/CCCCCCCCCCCCCCCCCCCC. The van der Waals surface area contributed by atoms with E-state index in [-0.39, 0.29) is 12.8 Å². The van der Waals surface area contributed by atoms with Gasteiger partial charge in [0.2, 0.25) is 5.91 Å². The maximum Gasteiger partial charge on any atom is 0.249 e. The van der Waals surface area contributed by atoms with Crippen molar-refractivity contribution >= 4 is 5.91 Å². The molecule has 1 saturated heterocycles.